The SMILES string of the molecule is COc1cc(O)cc(OC)c1C1C2=CCC3C(=O)N(c4cc(C(F)(F)F)cc(C(F)(F)F)c4)C(=O)C3C2CC2C(=O)N(c3cc(-c4sc5ccc(Cl)cc5c4C)nn3C)C(=O)C21C. The monoisotopic (exact) mass is 912 g/mol. The second-order valence-electron chi connectivity index (χ2n) is 16.4. The van der Waals surface area contributed by atoms with E-state index in [1.54, 1.807) is 32.2 Å². The molecule has 2 aliphatic heterocycles. The number of hydrogen-bond donors (Lipinski definition) is 1. The third kappa shape index (κ3) is 6.25. The fourth-order valence-corrected chi connectivity index (χ4v) is 11.6. The largest absolute Gasteiger partial charge is 0.508 e. The van der Waals surface area contributed by atoms with E-state index < -0.39 is 87.8 Å². The second-order valence-corrected chi connectivity index (χ2v) is 17.9. The van der Waals surface area contributed by atoms with Crippen LogP contribution in [0.2, 0.25) is 5.02 Å². The average molecular weight is 913 g/mol. The molecule has 3 aromatic carbocycles. The number of aromatic hydroxyl groups is 1. The summed E-state index contributed by atoms with van der Waals surface area (Å²) in [5, 5.41) is 16.8. The lowest BCUT2D eigenvalue weighted by atomic mass is 9.51. The van der Waals surface area contributed by atoms with Gasteiger partial charge in [-0.2, -0.15) is 31.4 Å². The number of amides is 4. The van der Waals surface area contributed by atoms with Crippen molar-refractivity contribution >= 4 is 68.2 Å². The van der Waals surface area contributed by atoms with E-state index in [4.69, 9.17) is 26.2 Å². The van der Waals surface area contributed by atoms with Gasteiger partial charge in [-0.25, -0.2) is 9.80 Å². The third-order valence-electron chi connectivity index (χ3n) is 13.1. The molecule has 4 amide bonds. The minimum absolute atomic E-state index is 0.0569. The van der Waals surface area contributed by atoms with Gasteiger partial charge in [-0.15, -0.1) is 11.3 Å². The highest BCUT2D eigenvalue weighted by atomic mass is 35.5. The first kappa shape index (κ1) is 42.4. The van der Waals surface area contributed by atoms with Gasteiger partial charge in [0.25, 0.3) is 0 Å². The smallest absolute Gasteiger partial charge is 0.416 e. The Morgan fingerprint density at radius 3 is 2.10 bits per heavy atom. The molecule has 328 valence electrons. The number of anilines is 2. The molecule has 9 rings (SSSR count). The van der Waals surface area contributed by atoms with Crippen LogP contribution in [0.5, 0.6) is 17.2 Å². The van der Waals surface area contributed by atoms with E-state index in [0.29, 0.717) is 33.3 Å². The van der Waals surface area contributed by atoms with Crippen LogP contribution in [0.15, 0.2) is 66.2 Å². The third-order valence-corrected chi connectivity index (χ3v) is 14.7. The molecule has 5 aromatic rings. The number of allylic oxidation sites excluding steroid dienone is 2. The number of aromatic nitrogens is 2. The van der Waals surface area contributed by atoms with E-state index in [1.807, 2.05) is 19.1 Å². The first-order valence-corrected chi connectivity index (χ1v) is 20.7. The van der Waals surface area contributed by atoms with Crippen molar-refractivity contribution in [1.82, 2.24) is 9.78 Å². The molecular weight excluding hydrogens is 878 g/mol. The Morgan fingerprint density at radius 2 is 1.49 bits per heavy atom. The highest BCUT2D eigenvalue weighted by Crippen LogP contribution is 2.66. The quantitative estimate of drug-likeness (QED) is 0.101. The van der Waals surface area contributed by atoms with Crippen LogP contribution in [0.25, 0.3) is 20.7 Å². The fraction of sp³-hybridized carbons (Fsp3) is 0.341. The van der Waals surface area contributed by atoms with Crippen LogP contribution in [0, 0.1) is 36.0 Å². The lowest BCUT2D eigenvalue weighted by Gasteiger charge is -2.49. The molecule has 6 unspecified atom stereocenters. The Morgan fingerprint density at radius 1 is 0.857 bits per heavy atom. The zero-order valence-corrected chi connectivity index (χ0v) is 35.4. The lowest BCUT2D eigenvalue weighted by molar-refractivity contribution is -0.143. The van der Waals surface area contributed by atoms with E-state index in [-0.39, 0.29) is 47.5 Å². The number of fused-ring (bicyclic) bond motifs is 5. The summed E-state index contributed by atoms with van der Waals surface area (Å²) in [6.07, 6.45) is -9.25. The molecule has 2 saturated heterocycles. The number of nitrogens with zero attached hydrogens (tertiary/aromatic N) is 4. The summed E-state index contributed by atoms with van der Waals surface area (Å²) >= 11 is 7.74. The molecule has 0 bridgehead atoms. The van der Waals surface area contributed by atoms with Crippen molar-refractivity contribution in [2.45, 2.75) is 45.0 Å². The summed E-state index contributed by atoms with van der Waals surface area (Å²) in [6.45, 7) is 3.51. The van der Waals surface area contributed by atoms with E-state index in [1.165, 1.54) is 42.4 Å². The minimum atomic E-state index is -5.26. The summed E-state index contributed by atoms with van der Waals surface area (Å²) < 4.78 is 97.8. The van der Waals surface area contributed by atoms with Crippen molar-refractivity contribution in [3.63, 3.8) is 0 Å². The molecule has 63 heavy (non-hydrogen) atoms. The molecule has 2 aliphatic carbocycles. The van der Waals surface area contributed by atoms with Crippen molar-refractivity contribution < 1.29 is 60.1 Å². The number of methoxy groups -OCH3 is 2. The second kappa shape index (κ2) is 14.3. The van der Waals surface area contributed by atoms with Crippen LogP contribution in [0.4, 0.5) is 37.8 Å². The molecule has 2 aromatic heterocycles. The van der Waals surface area contributed by atoms with E-state index >= 15 is 9.59 Å². The summed E-state index contributed by atoms with van der Waals surface area (Å²) in [5.74, 6) is -9.35. The van der Waals surface area contributed by atoms with Crippen molar-refractivity contribution in [2.24, 2.45) is 36.1 Å². The first-order chi connectivity index (χ1) is 29.6. The maximum atomic E-state index is 15.3. The number of benzene rings is 3. The van der Waals surface area contributed by atoms with Gasteiger partial charge >= 0.3 is 12.4 Å². The van der Waals surface area contributed by atoms with Gasteiger partial charge < -0.3 is 14.6 Å². The number of hydrogen-bond acceptors (Lipinski definition) is 9. The van der Waals surface area contributed by atoms with E-state index in [2.05, 4.69) is 0 Å². The summed E-state index contributed by atoms with van der Waals surface area (Å²) in [5.41, 5.74) is -3.98. The van der Waals surface area contributed by atoms with Gasteiger partial charge in [0.15, 0.2) is 0 Å². The van der Waals surface area contributed by atoms with Crippen molar-refractivity contribution in [3.8, 4) is 27.8 Å². The molecule has 4 heterocycles. The van der Waals surface area contributed by atoms with Gasteiger partial charge in [-0.3, -0.25) is 23.9 Å². The highest BCUT2D eigenvalue weighted by molar-refractivity contribution is 7.22. The molecule has 1 saturated carbocycles. The number of carbonyl (C=O) groups is 4. The number of carbonyl (C=O) groups excluding carboxylic acids is 4. The van der Waals surface area contributed by atoms with E-state index in [9.17, 15) is 41.0 Å². The zero-order chi connectivity index (χ0) is 45.4. The van der Waals surface area contributed by atoms with Gasteiger partial charge in [-0.05, 0) is 80.0 Å². The predicted octanol–water partition coefficient (Wildman–Crippen LogP) is 9.46. The van der Waals surface area contributed by atoms with Crippen LogP contribution >= 0.6 is 22.9 Å². The van der Waals surface area contributed by atoms with Gasteiger partial charge in [0, 0.05) is 46.5 Å². The zero-order valence-electron chi connectivity index (χ0n) is 33.8. The van der Waals surface area contributed by atoms with Crippen molar-refractivity contribution in [3.05, 3.63) is 93.5 Å². The standard InChI is InChI=1S/C44H35ClF6N4O7S/c1-18-26-13-21(45)6-9-32(26)63-37(18)29-17-33(53(3)52-29)55-39(58)28-16-27-24(36(42(28,2)41(55)60)35-30(61-4)14-23(56)15-31(35)62-5)7-8-25-34(27)40(59)54(38(25)57)22-11-19(43(46,47)48)10-20(12-22)44(49,50)51/h6-7,9-15,17,25,27-28,34,36,56H,8,16H2,1-5H3. The Kier molecular flexibility index (Phi) is 9.64. The van der Waals surface area contributed by atoms with E-state index in [0.717, 1.165) is 25.4 Å². The molecule has 0 radical (unpaired) electrons. The number of imide groups is 2. The molecule has 0 spiro atoms. The number of ether oxygens (including phenoxy) is 2. The molecular formula is C44H35ClF6N4O7S. The number of phenolic OH excluding ortho intramolecular Hbond substituents is 1. The predicted molar refractivity (Wildman–Crippen MR) is 219 cm³/mol. The van der Waals surface area contributed by atoms with Crippen LogP contribution in [-0.4, -0.2) is 52.7 Å². The number of phenols is 1. The Bertz CT molecular complexity index is 2810. The van der Waals surface area contributed by atoms with Crippen LogP contribution in [0.3, 0.4) is 0 Å². The first-order valence-electron chi connectivity index (χ1n) is 19.5. The van der Waals surface area contributed by atoms with Gasteiger partial charge in [-0.1, -0.05) is 23.3 Å². The summed E-state index contributed by atoms with van der Waals surface area (Å²) in [6, 6.07) is 10.3. The molecule has 11 nitrogen and oxygen atoms in total. The van der Waals surface area contributed by atoms with Crippen LogP contribution in [-0.2, 0) is 38.6 Å². The Balaban J connectivity index is 1.18. The molecule has 19 heteroatoms. The number of thiophene rings is 1. The topological polar surface area (TPSA) is 131 Å². The van der Waals surface area contributed by atoms with Crippen LogP contribution < -0.4 is 19.3 Å². The van der Waals surface area contributed by atoms with Crippen LogP contribution in [0.1, 0.15) is 47.9 Å². The number of rotatable bonds is 6. The number of alkyl halides is 6. The van der Waals surface area contributed by atoms with Crippen molar-refractivity contribution in [2.75, 3.05) is 24.0 Å². The normalized spacial score (nSPS) is 24.8. The minimum Gasteiger partial charge on any atom is -0.508 e. The van der Waals surface area contributed by atoms with Gasteiger partial charge in [0.05, 0.1) is 59.1 Å². The average Bonchev–Trinajstić information content (AvgIpc) is 3.89. The van der Waals surface area contributed by atoms with Gasteiger partial charge in [0.1, 0.15) is 28.8 Å². The summed E-state index contributed by atoms with van der Waals surface area (Å²) in [7, 11) is 4.22. The maximum absolute atomic E-state index is 15.3. The maximum Gasteiger partial charge on any atom is 0.416 e. The molecule has 4 aliphatic rings. The molecule has 3 fully saturated rings. The van der Waals surface area contributed by atoms with Crippen molar-refractivity contribution in [1.29, 1.82) is 0 Å². The Labute approximate surface area is 363 Å². The van der Waals surface area contributed by atoms with Gasteiger partial charge in [0.2, 0.25) is 23.6 Å². The fourth-order valence-electron chi connectivity index (χ4n) is 10.3. The lowest BCUT2D eigenvalue weighted by Crippen LogP contribution is -2.49. The Hall–Kier alpha value is -5.88. The number of halogens is 7. The number of aryl methyl sites for hydroxylation is 2. The molecule has 1 N–H and O–H groups in total. The summed E-state index contributed by atoms with van der Waals surface area (Å²) in [4.78, 5) is 61.3. The molecule has 6 atom stereocenters. The highest BCUT2D eigenvalue weighted by Gasteiger charge is 2.69.